The van der Waals surface area contributed by atoms with E-state index in [9.17, 15) is 13.2 Å². The van der Waals surface area contributed by atoms with E-state index < -0.39 is 10.0 Å². The van der Waals surface area contributed by atoms with Gasteiger partial charge in [-0.05, 0) is 89.0 Å². The van der Waals surface area contributed by atoms with Crippen LogP contribution in [0.5, 0.6) is 0 Å². The number of nitrogens with one attached hydrogen (secondary N) is 2. The number of halogens is 1. The average Bonchev–Trinajstić information content (AvgIpc) is 2.70. The first-order valence-corrected chi connectivity index (χ1v) is 12.3. The van der Waals surface area contributed by atoms with Gasteiger partial charge in [0.05, 0.1) is 15.6 Å². The number of benzene rings is 2. The average molecular weight is 464 g/mol. The fourth-order valence-electron chi connectivity index (χ4n) is 3.97. The molecule has 1 saturated heterocycles. The number of amides is 1. The molecule has 0 aliphatic carbocycles. The molecule has 6 nitrogen and oxygen atoms in total. The Morgan fingerprint density at radius 3 is 2.39 bits per heavy atom. The molecule has 8 heteroatoms. The van der Waals surface area contributed by atoms with Crippen molar-refractivity contribution >= 4 is 33.2 Å². The predicted molar refractivity (Wildman–Crippen MR) is 125 cm³/mol. The second-order valence-corrected chi connectivity index (χ2v) is 10.5. The lowest BCUT2D eigenvalue weighted by molar-refractivity contribution is 0.102. The van der Waals surface area contributed by atoms with Gasteiger partial charge in [0.25, 0.3) is 5.91 Å². The van der Waals surface area contributed by atoms with Gasteiger partial charge in [0.15, 0.2) is 0 Å². The minimum absolute atomic E-state index is 0.101. The minimum Gasteiger partial charge on any atom is -0.320 e. The third kappa shape index (κ3) is 5.66. The van der Waals surface area contributed by atoms with Crippen LogP contribution < -0.4 is 10.0 Å². The van der Waals surface area contributed by atoms with Gasteiger partial charge >= 0.3 is 0 Å². The fraction of sp³-hybridized carbons (Fsp3) is 0.435. The van der Waals surface area contributed by atoms with Gasteiger partial charge in [-0.3, -0.25) is 4.79 Å². The number of aryl methyl sites for hydroxylation is 2. The summed E-state index contributed by atoms with van der Waals surface area (Å²) in [5.41, 5.74) is 2.39. The zero-order valence-corrected chi connectivity index (χ0v) is 20.0. The summed E-state index contributed by atoms with van der Waals surface area (Å²) in [7, 11) is -1.65. The molecule has 0 radical (unpaired) electrons. The Morgan fingerprint density at radius 2 is 1.77 bits per heavy atom. The molecular weight excluding hydrogens is 434 g/mol. The number of rotatable bonds is 6. The first-order chi connectivity index (χ1) is 14.6. The van der Waals surface area contributed by atoms with E-state index >= 15 is 0 Å². The molecule has 1 atom stereocenters. The Kier molecular flexibility index (Phi) is 7.42. The summed E-state index contributed by atoms with van der Waals surface area (Å²) >= 11 is 6.40. The van der Waals surface area contributed by atoms with E-state index in [0.29, 0.717) is 22.7 Å². The van der Waals surface area contributed by atoms with Gasteiger partial charge in [-0.1, -0.05) is 29.8 Å². The molecular formula is C23H30ClN3O3S. The third-order valence-corrected chi connectivity index (χ3v) is 7.85. The number of likely N-dealkylation sites (tertiary alicyclic amines) is 1. The first kappa shape index (κ1) is 23.7. The molecule has 2 aromatic carbocycles. The Balaban J connectivity index is 1.77. The van der Waals surface area contributed by atoms with E-state index in [-0.39, 0.29) is 21.9 Å². The van der Waals surface area contributed by atoms with Crippen molar-refractivity contribution in [1.29, 1.82) is 0 Å². The smallest absolute Gasteiger partial charge is 0.255 e. The number of carbonyl (C=O) groups excluding carboxylic acids is 1. The number of carbonyl (C=O) groups is 1. The molecule has 0 spiro atoms. The molecule has 31 heavy (non-hydrogen) atoms. The summed E-state index contributed by atoms with van der Waals surface area (Å²) in [6.45, 7) is 7.45. The second-order valence-electron chi connectivity index (χ2n) is 8.42. The Bertz CT molecular complexity index is 1040. The van der Waals surface area contributed by atoms with Crippen LogP contribution in [0.3, 0.4) is 0 Å². The fourth-order valence-corrected chi connectivity index (χ4v) is 5.77. The first-order valence-electron chi connectivity index (χ1n) is 10.5. The molecule has 1 unspecified atom stereocenters. The van der Waals surface area contributed by atoms with Crippen LogP contribution in [0.4, 0.5) is 5.69 Å². The number of nitrogens with zero attached hydrogens (tertiary/aromatic N) is 1. The van der Waals surface area contributed by atoms with Gasteiger partial charge in [-0.2, -0.15) is 0 Å². The lowest BCUT2D eigenvalue weighted by Gasteiger charge is -2.32. The standard InChI is InChI=1S/C23H30ClN3O3S/c1-15-7-5-6-8-20(15)23(28)25-22-16(2)13-19(14-21(22)24)31(29,30)26-17(3)18-9-11-27(4)12-10-18/h5-8,13-14,17-18,26H,9-12H2,1-4H3,(H,25,28). The van der Waals surface area contributed by atoms with Gasteiger partial charge < -0.3 is 10.2 Å². The molecule has 3 rings (SSSR count). The van der Waals surface area contributed by atoms with E-state index in [1.807, 2.05) is 26.0 Å². The van der Waals surface area contributed by atoms with Crippen LogP contribution in [0.1, 0.15) is 41.3 Å². The molecule has 1 heterocycles. The number of hydrogen-bond donors (Lipinski definition) is 2. The van der Waals surface area contributed by atoms with Crippen LogP contribution in [0.2, 0.25) is 5.02 Å². The van der Waals surface area contributed by atoms with Crippen molar-refractivity contribution in [3.63, 3.8) is 0 Å². The van der Waals surface area contributed by atoms with Gasteiger partial charge in [-0.15, -0.1) is 0 Å². The van der Waals surface area contributed by atoms with Gasteiger partial charge in [-0.25, -0.2) is 13.1 Å². The SMILES string of the molecule is Cc1ccccc1C(=O)Nc1c(C)cc(S(=O)(=O)NC(C)C2CCN(C)CC2)cc1Cl. The van der Waals surface area contributed by atoms with Gasteiger partial charge in [0, 0.05) is 11.6 Å². The van der Waals surface area contributed by atoms with Gasteiger partial charge in [0.1, 0.15) is 0 Å². The number of sulfonamides is 1. The quantitative estimate of drug-likeness (QED) is 0.672. The number of piperidine rings is 1. The highest BCUT2D eigenvalue weighted by Gasteiger charge is 2.27. The van der Waals surface area contributed by atoms with Crippen LogP contribution in [0, 0.1) is 19.8 Å². The van der Waals surface area contributed by atoms with E-state index in [0.717, 1.165) is 31.5 Å². The lowest BCUT2D eigenvalue weighted by atomic mass is 9.91. The molecule has 168 valence electrons. The normalized spacial score (nSPS) is 16.8. The van der Waals surface area contributed by atoms with Crippen molar-refractivity contribution in [2.75, 3.05) is 25.5 Å². The highest BCUT2D eigenvalue weighted by atomic mass is 35.5. The van der Waals surface area contributed by atoms with Crippen LogP contribution >= 0.6 is 11.6 Å². The molecule has 2 aromatic rings. The zero-order chi connectivity index (χ0) is 22.8. The maximum Gasteiger partial charge on any atom is 0.255 e. The molecule has 1 aliphatic rings. The van der Waals surface area contributed by atoms with Crippen molar-refractivity contribution in [3.05, 3.63) is 58.1 Å². The van der Waals surface area contributed by atoms with E-state index in [1.54, 1.807) is 25.1 Å². The summed E-state index contributed by atoms with van der Waals surface area (Å²) in [4.78, 5) is 15.0. The maximum atomic E-state index is 13.0. The van der Waals surface area contributed by atoms with Crippen molar-refractivity contribution in [3.8, 4) is 0 Å². The predicted octanol–water partition coefficient (Wildman–Crippen LogP) is 4.22. The van der Waals surface area contributed by atoms with E-state index in [2.05, 4.69) is 22.0 Å². The summed E-state index contributed by atoms with van der Waals surface area (Å²) in [6, 6.07) is 10.0. The van der Waals surface area contributed by atoms with Crippen LogP contribution in [0.15, 0.2) is 41.3 Å². The second kappa shape index (κ2) is 9.69. The van der Waals surface area contributed by atoms with Crippen molar-refractivity contribution in [2.24, 2.45) is 5.92 Å². The van der Waals surface area contributed by atoms with Crippen LogP contribution in [-0.4, -0.2) is 45.4 Å². The summed E-state index contributed by atoms with van der Waals surface area (Å²) in [5, 5.41) is 3.01. The number of hydrogen-bond acceptors (Lipinski definition) is 4. The lowest BCUT2D eigenvalue weighted by Crippen LogP contribution is -2.43. The molecule has 1 fully saturated rings. The molecule has 0 saturated carbocycles. The Labute approximate surface area is 190 Å². The largest absolute Gasteiger partial charge is 0.320 e. The summed E-state index contributed by atoms with van der Waals surface area (Å²) in [5.74, 6) is 0.0166. The number of anilines is 1. The van der Waals surface area contributed by atoms with Crippen molar-refractivity contribution in [2.45, 2.75) is 44.6 Å². The highest BCUT2D eigenvalue weighted by Crippen LogP contribution is 2.31. The molecule has 2 N–H and O–H groups in total. The minimum atomic E-state index is -3.73. The van der Waals surface area contributed by atoms with Gasteiger partial charge in [0.2, 0.25) is 10.0 Å². The summed E-state index contributed by atoms with van der Waals surface area (Å²) in [6.07, 6.45) is 1.92. The maximum absolute atomic E-state index is 13.0. The van der Waals surface area contributed by atoms with Crippen LogP contribution in [0.25, 0.3) is 0 Å². The monoisotopic (exact) mass is 463 g/mol. The molecule has 1 amide bonds. The van der Waals surface area contributed by atoms with Crippen molar-refractivity contribution < 1.29 is 13.2 Å². The van der Waals surface area contributed by atoms with Crippen LogP contribution in [-0.2, 0) is 10.0 Å². The molecule has 0 aromatic heterocycles. The third-order valence-electron chi connectivity index (χ3n) is 6.01. The van der Waals surface area contributed by atoms with E-state index in [1.165, 1.54) is 6.07 Å². The topological polar surface area (TPSA) is 78.5 Å². The summed E-state index contributed by atoms with van der Waals surface area (Å²) < 4.78 is 28.8. The highest BCUT2D eigenvalue weighted by molar-refractivity contribution is 7.89. The van der Waals surface area contributed by atoms with E-state index in [4.69, 9.17) is 11.6 Å². The Hall–Kier alpha value is -1.93. The zero-order valence-electron chi connectivity index (χ0n) is 18.4. The van der Waals surface area contributed by atoms with Crippen molar-refractivity contribution in [1.82, 2.24) is 9.62 Å². The molecule has 1 aliphatic heterocycles. The Morgan fingerprint density at radius 1 is 1.13 bits per heavy atom. The molecule has 0 bridgehead atoms.